The van der Waals surface area contributed by atoms with E-state index in [4.69, 9.17) is 0 Å². The number of hydrogen-bond donors (Lipinski definition) is 0. The summed E-state index contributed by atoms with van der Waals surface area (Å²) in [7, 11) is 7.54. The molecule has 0 aromatic carbocycles. The van der Waals surface area contributed by atoms with Crippen molar-refractivity contribution < 1.29 is 13.5 Å². The van der Waals surface area contributed by atoms with E-state index in [0.29, 0.717) is 6.54 Å². The van der Waals surface area contributed by atoms with Crippen LogP contribution < -0.4 is 4.74 Å². The van der Waals surface area contributed by atoms with Crippen molar-refractivity contribution in [2.24, 2.45) is 4.99 Å². The van der Waals surface area contributed by atoms with Crippen LogP contribution in [0.4, 0.5) is 8.78 Å². The number of nitrogens with zero attached hydrogens (tertiary/aromatic N) is 4. The van der Waals surface area contributed by atoms with Gasteiger partial charge in [0.25, 0.3) is 0 Å². The fourth-order valence-corrected chi connectivity index (χ4v) is 1.55. The first kappa shape index (κ1) is 15.1. The minimum absolute atomic E-state index is 0.0982. The van der Waals surface area contributed by atoms with E-state index in [2.05, 4.69) is 14.7 Å². The summed E-state index contributed by atoms with van der Waals surface area (Å²) in [5, 5.41) is 0. The van der Waals surface area contributed by atoms with E-state index >= 15 is 0 Å². The Balaban J connectivity index is 2.79. The molecule has 0 saturated heterocycles. The van der Waals surface area contributed by atoms with Gasteiger partial charge in [-0.3, -0.25) is 0 Å². The highest BCUT2D eigenvalue weighted by Gasteiger charge is 2.07. The minimum atomic E-state index is -2.87. The number of halogens is 2. The summed E-state index contributed by atoms with van der Waals surface area (Å²) in [6, 6.07) is 3.17. The molecule has 1 aromatic heterocycles. The zero-order valence-electron chi connectivity index (χ0n) is 11.5. The van der Waals surface area contributed by atoms with Gasteiger partial charge < -0.3 is 14.5 Å². The first-order chi connectivity index (χ1) is 8.90. The summed E-state index contributed by atoms with van der Waals surface area (Å²) >= 11 is 0. The normalized spacial score (nSPS) is 10.3. The van der Waals surface area contributed by atoms with E-state index in [-0.39, 0.29) is 5.88 Å². The van der Waals surface area contributed by atoms with E-state index < -0.39 is 6.61 Å². The number of aromatic nitrogens is 1. The third-order valence-electron chi connectivity index (χ3n) is 2.21. The van der Waals surface area contributed by atoms with Crippen molar-refractivity contribution in [1.29, 1.82) is 0 Å². The molecule has 0 aliphatic rings. The Kier molecular flexibility index (Phi) is 5.47. The molecule has 0 N–H and O–H groups in total. The topological polar surface area (TPSA) is 41.0 Å². The van der Waals surface area contributed by atoms with E-state index in [1.807, 2.05) is 38.0 Å². The van der Waals surface area contributed by atoms with Crippen LogP contribution >= 0.6 is 0 Å². The molecule has 7 heteroatoms. The van der Waals surface area contributed by atoms with Crippen LogP contribution in [0.15, 0.2) is 23.3 Å². The molecule has 0 aliphatic carbocycles. The maximum Gasteiger partial charge on any atom is 0.388 e. The Morgan fingerprint density at radius 1 is 1.32 bits per heavy atom. The van der Waals surface area contributed by atoms with Crippen molar-refractivity contribution in [3.8, 4) is 5.88 Å². The number of rotatable bonds is 4. The molecule has 0 radical (unpaired) electrons. The van der Waals surface area contributed by atoms with Gasteiger partial charge in [0.2, 0.25) is 5.88 Å². The van der Waals surface area contributed by atoms with Gasteiger partial charge in [0.1, 0.15) is 0 Å². The summed E-state index contributed by atoms with van der Waals surface area (Å²) in [6.07, 6.45) is 1.42. The van der Waals surface area contributed by atoms with Gasteiger partial charge >= 0.3 is 6.61 Å². The molecule has 0 saturated carbocycles. The van der Waals surface area contributed by atoms with Gasteiger partial charge in [-0.25, -0.2) is 9.98 Å². The van der Waals surface area contributed by atoms with E-state index in [1.54, 1.807) is 6.07 Å². The van der Waals surface area contributed by atoms with Crippen molar-refractivity contribution in [2.75, 3.05) is 28.2 Å². The summed E-state index contributed by atoms with van der Waals surface area (Å²) < 4.78 is 28.4. The third kappa shape index (κ3) is 5.07. The molecule has 106 valence electrons. The number of guanidine groups is 1. The highest BCUT2D eigenvalue weighted by atomic mass is 19.3. The maximum absolute atomic E-state index is 12.1. The Hall–Kier alpha value is -1.92. The predicted molar refractivity (Wildman–Crippen MR) is 69.4 cm³/mol. The van der Waals surface area contributed by atoms with Gasteiger partial charge in [-0.1, -0.05) is 0 Å². The number of alkyl halides is 2. The summed E-state index contributed by atoms with van der Waals surface area (Å²) in [5.74, 6) is 0.687. The Labute approximate surface area is 111 Å². The van der Waals surface area contributed by atoms with Crippen LogP contribution in [0, 0.1) is 0 Å². The first-order valence-corrected chi connectivity index (χ1v) is 5.69. The summed E-state index contributed by atoms with van der Waals surface area (Å²) in [6.45, 7) is -2.50. The average molecular weight is 272 g/mol. The second-order valence-corrected chi connectivity index (χ2v) is 4.29. The van der Waals surface area contributed by atoms with Crippen LogP contribution in [0.5, 0.6) is 5.88 Å². The molecule has 0 unspecified atom stereocenters. The van der Waals surface area contributed by atoms with Crippen molar-refractivity contribution in [3.05, 3.63) is 23.9 Å². The van der Waals surface area contributed by atoms with Gasteiger partial charge in [-0.05, 0) is 11.6 Å². The molecule has 0 atom stereocenters. The zero-order valence-corrected chi connectivity index (χ0v) is 11.5. The lowest BCUT2D eigenvalue weighted by atomic mass is 10.3. The van der Waals surface area contributed by atoms with Gasteiger partial charge in [0.15, 0.2) is 5.96 Å². The van der Waals surface area contributed by atoms with Crippen molar-refractivity contribution in [1.82, 2.24) is 14.8 Å². The Bertz CT molecular complexity index is 425. The fraction of sp³-hybridized carbons (Fsp3) is 0.500. The van der Waals surface area contributed by atoms with Crippen LogP contribution in [0.3, 0.4) is 0 Å². The molecular formula is C12H18F2N4O. The van der Waals surface area contributed by atoms with Crippen LogP contribution in [0.1, 0.15) is 5.56 Å². The molecule has 1 heterocycles. The largest absolute Gasteiger partial charge is 0.417 e. The molecule has 0 aliphatic heterocycles. The summed E-state index contributed by atoms with van der Waals surface area (Å²) in [5.41, 5.74) is 0.756. The molecular weight excluding hydrogens is 254 g/mol. The monoisotopic (exact) mass is 272 g/mol. The number of aliphatic imine (C=N–C) groups is 1. The van der Waals surface area contributed by atoms with Gasteiger partial charge in [0, 0.05) is 40.5 Å². The lowest BCUT2D eigenvalue weighted by molar-refractivity contribution is -0.0528. The molecule has 0 amide bonds. The van der Waals surface area contributed by atoms with Crippen molar-refractivity contribution >= 4 is 5.96 Å². The standard InChI is InChI=1S/C12H18F2N4O/c1-17(2)12(18(3)4)16-8-9-5-6-15-10(7-9)19-11(13)14/h5-7,11H,8H2,1-4H3. The Morgan fingerprint density at radius 2 is 1.95 bits per heavy atom. The van der Waals surface area contributed by atoms with Crippen molar-refractivity contribution in [2.45, 2.75) is 13.2 Å². The molecule has 1 rings (SSSR count). The first-order valence-electron chi connectivity index (χ1n) is 5.69. The van der Waals surface area contributed by atoms with E-state index in [1.165, 1.54) is 12.3 Å². The molecule has 19 heavy (non-hydrogen) atoms. The SMILES string of the molecule is CN(C)C(=NCc1ccnc(OC(F)F)c1)N(C)C. The zero-order chi connectivity index (χ0) is 14.4. The third-order valence-corrected chi connectivity index (χ3v) is 2.21. The lowest BCUT2D eigenvalue weighted by Gasteiger charge is -2.22. The number of pyridine rings is 1. The van der Waals surface area contributed by atoms with E-state index in [0.717, 1.165) is 11.5 Å². The predicted octanol–water partition coefficient (Wildman–Crippen LogP) is 1.66. The number of ether oxygens (including phenoxy) is 1. The Morgan fingerprint density at radius 3 is 2.47 bits per heavy atom. The molecule has 1 aromatic rings. The highest BCUT2D eigenvalue weighted by molar-refractivity contribution is 5.79. The fourth-order valence-electron chi connectivity index (χ4n) is 1.55. The molecule has 5 nitrogen and oxygen atoms in total. The molecule has 0 bridgehead atoms. The second-order valence-electron chi connectivity index (χ2n) is 4.29. The van der Waals surface area contributed by atoms with E-state index in [9.17, 15) is 8.78 Å². The number of hydrogen-bond acceptors (Lipinski definition) is 3. The van der Waals surface area contributed by atoms with Gasteiger partial charge in [-0.2, -0.15) is 8.78 Å². The molecule has 0 spiro atoms. The van der Waals surface area contributed by atoms with Crippen molar-refractivity contribution in [3.63, 3.8) is 0 Å². The highest BCUT2D eigenvalue weighted by Crippen LogP contribution is 2.13. The summed E-state index contributed by atoms with van der Waals surface area (Å²) in [4.78, 5) is 11.9. The van der Waals surface area contributed by atoms with Crippen LogP contribution in [-0.4, -0.2) is 55.5 Å². The smallest absolute Gasteiger partial charge is 0.388 e. The molecule has 0 fully saturated rings. The lowest BCUT2D eigenvalue weighted by Crippen LogP contribution is -2.35. The average Bonchev–Trinajstić information content (AvgIpc) is 2.27. The van der Waals surface area contributed by atoms with Crippen LogP contribution in [-0.2, 0) is 6.54 Å². The van der Waals surface area contributed by atoms with Gasteiger partial charge in [0.05, 0.1) is 6.54 Å². The second kappa shape index (κ2) is 6.86. The minimum Gasteiger partial charge on any atom is -0.417 e. The van der Waals surface area contributed by atoms with Crippen LogP contribution in [0.2, 0.25) is 0 Å². The maximum atomic E-state index is 12.1. The van der Waals surface area contributed by atoms with Gasteiger partial charge in [-0.15, -0.1) is 0 Å². The van der Waals surface area contributed by atoms with Crippen LogP contribution in [0.25, 0.3) is 0 Å². The quantitative estimate of drug-likeness (QED) is 0.617.